The molecule has 0 aliphatic heterocycles. The molecule has 0 spiro atoms. The van der Waals surface area contributed by atoms with E-state index in [-0.39, 0.29) is 0 Å². The van der Waals surface area contributed by atoms with E-state index in [0.717, 1.165) is 6.42 Å². The average Bonchev–Trinajstić information content (AvgIpc) is 2.21. The maximum Gasteiger partial charge on any atom is 0.156 e. The molecule has 0 bridgehead atoms. The predicted molar refractivity (Wildman–Crippen MR) is 66.5 cm³/mol. The van der Waals surface area contributed by atoms with Crippen molar-refractivity contribution in [3.63, 3.8) is 0 Å². The summed E-state index contributed by atoms with van der Waals surface area (Å²) >= 11 is 16.3. The van der Waals surface area contributed by atoms with E-state index in [1.165, 1.54) is 0 Å². The molecule has 15 heavy (non-hydrogen) atoms. The maximum absolute atomic E-state index is 5.91. The van der Waals surface area contributed by atoms with Crippen molar-refractivity contribution < 1.29 is 4.74 Å². The van der Waals surface area contributed by atoms with Crippen molar-refractivity contribution >= 4 is 40.6 Å². The number of halogens is 2. The van der Waals surface area contributed by atoms with E-state index in [0.29, 0.717) is 28.9 Å². The van der Waals surface area contributed by atoms with E-state index in [1.807, 2.05) is 0 Å². The number of hydrogen-bond donors (Lipinski definition) is 0. The number of para-hydroxylation sites is 1. The highest BCUT2D eigenvalue weighted by Gasteiger charge is 2.05. The molecule has 0 saturated heterocycles. The van der Waals surface area contributed by atoms with Crippen molar-refractivity contribution in [2.24, 2.45) is 4.99 Å². The van der Waals surface area contributed by atoms with E-state index < -0.39 is 0 Å². The van der Waals surface area contributed by atoms with Crippen LogP contribution in [-0.2, 0) is 0 Å². The van der Waals surface area contributed by atoms with Crippen LogP contribution in [0.1, 0.15) is 6.42 Å². The molecule has 0 aliphatic carbocycles. The average molecular weight is 262 g/mol. The summed E-state index contributed by atoms with van der Waals surface area (Å²) in [5.41, 5.74) is 0. The monoisotopic (exact) mass is 261 g/mol. The van der Waals surface area contributed by atoms with Gasteiger partial charge in [0.05, 0.1) is 28.4 Å². The highest BCUT2D eigenvalue weighted by Crippen LogP contribution is 2.32. The predicted octanol–water partition coefficient (Wildman–Crippen LogP) is 3.87. The summed E-state index contributed by atoms with van der Waals surface area (Å²) in [6.45, 7) is 1.11. The largest absolute Gasteiger partial charge is 0.490 e. The Morgan fingerprint density at radius 1 is 1.33 bits per heavy atom. The standard InChI is InChI=1S/C10H9Cl2NOS/c11-8-3-1-4-9(12)10(8)14-6-2-5-13-7-15/h1,3-4H,2,5-6H2. The van der Waals surface area contributed by atoms with E-state index in [1.54, 1.807) is 18.2 Å². The van der Waals surface area contributed by atoms with E-state index in [4.69, 9.17) is 27.9 Å². The van der Waals surface area contributed by atoms with Crippen molar-refractivity contribution in [1.82, 2.24) is 0 Å². The zero-order valence-corrected chi connectivity index (χ0v) is 10.2. The van der Waals surface area contributed by atoms with Crippen molar-refractivity contribution in [3.8, 4) is 5.75 Å². The van der Waals surface area contributed by atoms with Gasteiger partial charge in [-0.25, -0.2) is 4.99 Å². The Morgan fingerprint density at radius 2 is 2.00 bits per heavy atom. The molecule has 0 N–H and O–H groups in total. The third-order valence-electron chi connectivity index (χ3n) is 1.64. The van der Waals surface area contributed by atoms with Crippen LogP contribution in [0, 0.1) is 0 Å². The number of thiocarbonyl (C=S) groups is 1. The zero-order chi connectivity index (χ0) is 11.1. The maximum atomic E-state index is 5.91. The number of benzene rings is 1. The highest BCUT2D eigenvalue weighted by molar-refractivity contribution is 7.78. The lowest BCUT2D eigenvalue weighted by Crippen LogP contribution is -1.99. The molecule has 0 fully saturated rings. The van der Waals surface area contributed by atoms with Gasteiger partial charge in [0.25, 0.3) is 0 Å². The molecule has 0 aliphatic rings. The smallest absolute Gasteiger partial charge is 0.156 e. The first kappa shape index (κ1) is 12.5. The first-order valence-electron chi connectivity index (χ1n) is 4.36. The van der Waals surface area contributed by atoms with Gasteiger partial charge in [-0.15, -0.1) is 0 Å². The van der Waals surface area contributed by atoms with Gasteiger partial charge in [0.15, 0.2) is 5.75 Å². The number of rotatable bonds is 5. The molecule has 0 heterocycles. The fraction of sp³-hybridized carbons (Fsp3) is 0.300. The van der Waals surface area contributed by atoms with Gasteiger partial charge in [-0.2, -0.15) is 0 Å². The lowest BCUT2D eigenvalue weighted by atomic mass is 10.3. The van der Waals surface area contributed by atoms with Gasteiger partial charge in [0, 0.05) is 6.42 Å². The number of aliphatic imine (C=N–C) groups is 1. The van der Waals surface area contributed by atoms with Crippen LogP contribution in [0.15, 0.2) is 23.2 Å². The minimum atomic E-state index is 0.504. The molecule has 1 aromatic rings. The summed E-state index contributed by atoms with van der Waals surface area (Å²) in [7, 11) is 0. The van der Waals surface area contributed by atoms with E-state index in [2.05, 4.69) is 22.4 Å². The van der Waals surface area contributed by atoms with Crippen LogP contribution in [0.25, 0.3) is 0 Å². The lowest BCUT2D eigenvalue weighted by molar-refractivity contribution is 0.314. The second-order valence-electron chi connectivity index (χ2n) is 2.73. The third-order valence-corrected chi connectivity index (χ3v) is 2.37. The Labute approximate surface area is 104 Å². The van der Waals surface area contributed by atoms with Gasteiger partial charge in [0.2, 0.25) is 0 Å². The zero-order valence-electron chi connectivity index (χ0n) is 7.87. The Balaban J connectivity index is 2.46. The highest BCUT2D eigenvalue weighted by atomic mass is 35.5. The van der Waals surface area contributed by atoms with Gasteiger partial charge in [-0.05, 0) is 24.4 Å². The Hall–Kier alpha value is -0.600. The van der Waals surface area contributed by atoms with Gasteiger partial charge >= 0.3 is 0 Å². The summed E-state index contributed by atoms with van der Waals surface area (Å²) in [4.78, 5) is 3.77. The van der Waals surface area contributed by atoms with Crippen molar-refractivity contribution in [2.45, 2.75) is 6.42 Å². The van der Waals surface area contributed by atoms with Crippen LogP contribution >= 0.6 is 35.4 Å². The molecule has 2 nitrogen and oxygen atoms in total. The minimum absolute atomic E-state index is 0.504. The molecular weight excluding hydrogens is 253 g/mol. The quantitative estimate of drug-likeness (QED) is 0.456. The third kappa shape index (κ3) is 4.18. The lowest BCUT2D eigenvalue weighted by Gasteiger charge is -2.08. The molecule has 0 radical (unpaired) electrons. The summed E-state index contributed by atoms with van der Waals surface area (Å²) in [6, 6.07) is 5.24. The van der Waals surface area contributed by atoms with Crippen LogP contribution in [0.2, 0.25) is 10.0 Å². The molecule has 1 aromatic carbocycles. The van der Waals surface area contributed by atoms with Crippen LogP contribution < -0.4 is 4.74 Å². The van der Waals surface area contributed by atoms with E-state index >= 15 is 0 Å². The Morgan fingerprint density at radius 3 is 2.60 bits per heavy atom. The van der Waals surface area contributed by atoms with Gasteiger partial charge in [0.1, 0.15) is 0 Å². The molecule has 5 heteroatoms. The molecule has 0 unspecified atom stereocenters. The number of nitrogens with zero attached hydrogens (tertiary/aromatic N) is 1. The Kier molecular flexibility index (Phi) is 5.66. The van der Waals surface area contributed by atoms with Crippen LogP contribution in [0.3, 0.4) is 0 Å². The fourth-order valence-electron chi connectivity index (χ4n) is 0.984. The van der Waals surface area contributed by atoms with Crippen LogP contribution in [-0.4, -0.2) is 18.3 Å². The summed E-state index contributed by atoms with van der Waals surface area (Å²) in [5, 5.41) is 3.32. The van der Waals surface area contributed by atoms with E-state index in [9.17, 15) is 0 Å². The first-order valence-corrected chi connectivity index (χ1v) is 5.52. The fourth-order valence-corrected chi connectivity index (χ4v) is 1.58. The van der Waals surface area contributed by atoms with Gasteiger partial charge in [-0.3, -0.25) is 0 Å². The van der Waals surface area contributed by atoms with Crippen molar-refractivity contribution in [1.29, 1.82) is 0 Å². The van der Waals surface area contributed by atoms with Crippen LogP contribution in [0.4, 0.5) is 0 Å². The number of hydrogen-bond acceptors (Lipinski definition) is 3. The van der Waals surface area contributed by atoms with Gasteiger partial charge in [-0.1, -0.05) is 29.3 Å². The second-order valence-corrected chi connectivity index (χ2v) is 3.72. The molecule has 80 valence electrons. The normalized spacial score (nSPS) is 9.47. The topological polar surface area (TPSA) is 21.6 Å². The first-order chi connectivity index (χ1) is 7.25. The number of isothiocyanates is 1. The molecule has 0 aromatic heterocycles. The molecule has 0 atom stereocenters. The second kappa shape index (κ2) is 6.81. The van der Waals surface area contributed by atoms with Gasteiger partial charge < -0.3 is 4.74 Å². The van der Waals surface area contributed by atoms with Crippen LogP contribution in [0.5, 0.6) is 5.75 Å². The van der Waals surface area contributed by atoms with Crippen molar-refractivity contribution in [2.75, 3.05) is 13.2 Å². The minimum Gasteiger partial charge on any atom is -0.490 e. The molecule has 0 saturated carbocycles. The number of ether oxygens (including phenoxy) is 1. The van der Waals surface area contributed by atoms with Crippen molar-refractivity contribution in [3.05, 3.63) is 28.2 Å². The molecule has 1 rings (SSSR count). The molecule has 0 amide bonds. The SMILES string of the molecule is S=C=NCCCOc1c(Cl)cccc1Cl. The Bertz CT molecular complexity index is 357. The molecular formula is C10H9Cl2NOS. The summed E-state index contributed by atoms with van der Waals surface area (Å²) in [6.07, 6.45) is 0.755. The summed E-state index contributed by atoms with van der Waals surface area (Å²) < 4.78 is 5.43. The summed E-state index contributed by atoms with van der Waals surface area (Å²) in [5.74, 6) is 0.521.